The fourth-order valence-corrected chi connectivity index (χ4v) is 4.71. The Labute approximate surface area is 133 Å². The van der Waals surface area contributed by atoms with Gasteiger partial charge in [0.05, 0.1) is 21.9 Å². The number of hydrogen-bond acceptors (Lipinski definition) is 4. The summed E-state index contributed by atoms with van der Waals surface area (Å²) in [6.07, 6.45) is 3.85. The highest BCUT2D eigenvalue weighted by Crippen LogP contribution is 2.31. The molecule has 0 radical (unpaired) electrons. The first-order valence-corrected chi connectivity index (χ1v) is 9.81. The summed E-state index contributed by atoms with van der Waals surface area (Å²) in [5.74, 6) is 0.141. The number of rotatable bonds is 7. The maximum atomic E-state index is 12.7. The molecule has 0 aromatic rings. The van der Waals surface area contributed by atoms with Crippen molar-refractivity contribution in [3.63, 3.8) is 0 Å². The summed E-state index contributed by atoms with van der Waals surface area (Å²) in [5, 5.41) is 2.98. The predicted octanol–water partition coefficient (Wildman–Crippen LogP) is 1.55. The largest absolute Gasteiger partial charge is 0.392 e. The molecule has 7 heteroatoms. The number of carbonyl (C=O) groups excluding carboxylic acids is 1. The molecular formula is C14H26N2O3S2. The molecule has 0 bridgehead atoms. The van der Waals surface area contributed by atoms with Crippen LogP contribution in [0.2, 0.25) is 0 Å². The standard InChI is InChI=1S/C14H26N2O3S2/c1-3-7-14(8-4-2,12(15)20)13(17)16-11-5-9-21(18,19)10-6-11/h11H,3-10H2,1-2H3,(H2,15,20)(H,16,17). The van der Waals surface area contributed by atoms with E-state index in [2.05, 4.69) is 5.32 Å². The van der Waals surface area contributed by atoms with Gasteiger partial charge in [-0.1, -0.05) is 38.9 Å². The van der Waals surface area contributed by atoms with Crippen LogP contribution in [0, 0.1) is 5.41 Å². The Hall–Kier alpha value is -0.690. The van der Waals surface area contributed by atoms with Crippen molar-refractivity contribution in [2.45, 2.75) is 58.4 Å². The Balaban J connectivity index is 2.79. The molecular weight excluding hydrogens is 308 g/mol. The molecule has 0 aliphatic carbocycles. The van der Waals surface area contributed by atoms with Crippen LogP contribution in [0.1, 0.15) is 52.4 Å². The summed E-state index contributed by atoms with van der Waals surface area (Å²) in [6, 6.07) is -0.0940. The minimum Gasteiger partial charge on any atom is -0.392 e. The van der Waals surface area contributed by atoms with Gasteiger partial charge >= 0.3 is 0 Å². The predicted molar refractivity (Wildman–Crippen MR) is 88.9 cm³/mol. The smallest absolute Gasteiger partial charge is 0.233 e. The molecule has 1 aliphatic heterocycles. The van der Waals surface area contributed by atoms with Gasteiger partial charge in [-0.15, -0.1) is 0 Å². The summed E-state index contributed by atoms with van der Waals surface area (Å²) in [5.41, 5.74) is 5.07. The lowest BCUT2D eigenvalue weighted by atomic mass is 9.78. The summed E-state index contributed by atoms with van der Waals surface area (Å²) in [4.78, 5) is 12.9. The fraction of sp³-hybridized carbons (Fsp3) is 0.857. The van der Waals surface area contributed by atoms with Crippen molar-refractivity contribution in [2.75, 3.05) is 11.5 Å². The number of hydrogen-bond donors (Lipinski definition) is 2. The van der Waals surface area contributed by atoms with E-state index in [4.69, 9.17) is 18.0 Å². The number of carbonyl (C=O) groups is 1. The Morgan fingerprint density at radius 1 is 1.24 bits per heavy atom. The molecule has 0 aromatic carbocycles. The van der Waals surface area contributed by atoms with Crippen molar-refractivity contribution in [1.29, 1.82) is 0 Å². The molecule has 1 aliphatic rings. The summed E-state index contributed by atoms with van der Waals surface area (Å²) in [6.45, 7) is 4.01. The maximum Gasteiger partial charge on any atom is 0.233 e. The molecule has 122 valence electrons. The van der Waals surface area contributed by atoms with Gasteiger partial charge in [-0.3, -0.25) is 4.79 Å². The lowest BCUT2D eigenvalue weighted by molar-refractivity contribution is -0.129. The zero-order chi connectivity index (χ0) is 16.1. The second-order valence-electron chi connectivity index (χ2n) is 5.85. The Bertz CT molecular complexity index is 468. The van der Waals surface area contributed by atoms with Crippen molar-refractivity contribution in [3.8, 4) is 0 Å². The normalized spacial score (nSPS) is 19.1. The summed E-state index contributed by atoms with van der Waals surface area (Å²) in [7, 11) is -2.93. The lowest BCUT2D eigenvalue weighted by Gasteiger charge is -2.34. The second kappa shape index (κ2) is 7.54. The van der Waals surface area contributed by atoms with E-state index in [0.29, 0.717) is 25.7 Å². The van der Waals surface area contributed by atoms with Gasteiger partial charge in [-0.05, 0) is 25.7 Å². The number of nitrogens with one attached hydrogen (secondary N) is 1. The van der Waals surface area contributed by atoms with Gasteiger partial charge in [0.1, 0.15) is 9.84 Å². The molecule has 0 atom stereocenters. The molecule has 0 unspecified atom stereocenters. The van der Waals surface area contributed by atoms with E-state index in [1.165, 1.54) is 0 Å². The first-order chi connectivity index (χ1) is 9.77. The maximum absolute atomic E-state index is 12.7. The van der Waals surface area contributed by atoms with Gasteiger partial charge in [0.15, 0.2) is 0 Å². The van der Waals surface area contributed by atoms with Crippen molar-refractivity contribution in [2.24, 2.45) is 11.1 Å². The van der Waals surface area contributed by atoms with Gasteiger partial charge in [0.25, 0.3) is 0 Å². The zero-order valence-electron chi connectivity index (χ0n) is 12.9. The van der Waals surface area contributed by atoms with Gasteiger partial charge in [-0.2, -0.15) is 0 Å². The third kappa shape index (κ3) is 4.64. The lowest BCUT2D eigenvalue weighted by Crippen LogP contribution is -2.52. The molecule has 0 saturated carbocycles. The molecule has 1 saturated heterocycles. The highest BCUT2D eigenvalue weighted by atomic mass is 32.2. The Morgan fingerprint density at radius 2 is 1.71 bits per heavy atom. The fourth-order valence-electron chi connectivity index (χ4n) is 2.92. The highest BCUT2D eigenvalue weighted by Gasteiger charge is 2.41. The molecule has 21 heavy (non-hydrogen) atoms. The minimum absolute atomic E-state index is 0.0940. The molecule has 0 aromatic heterocycles. The van der Waals surface area contributed by atoms with Crippen LogP contribution in [0.4, 0.5) is 0 Å². The van der Waals surface area contributed by atoms with Crippen LogP contribution in [-0.2, 0) is 14.6 Å². The first-order valence-electron chi connectivity index (χ1n) is 7.58. The SMILES string of the molecule is CCCC(CCC)(C(=O)NC1CCS(=O)(=O)CC1)C(N)=S. The van der Waals surface area contributed by atoms with Crippen molar-refractivity contribution in [1.82, 2.24) is 5.32 Å². The van der Waals surface area contributed by atoms with Crippen LogP contribution >= 0.6 is 12.2 Å². The average Bonchev–Trinajstić information content (AvgIpc) is 2.40. The molecule has 1 rings (SSSR count). The van der Waals surface area contributed by atoms with Crippen LogP contribution in [0.25, 0.3) is 0 Å². The van der Waals surface area contributed by atoms with Crippen molar-refractivity contribution in [3.05, 3.63) is 0 Å². The number of sulfone groups is 1. The van der Waals surface area contributed by atoms with E-state index in [9.17, 15) is 13.2 Å². The first kappa shape index (κ1) is 18.4. The van der Waals surface area contributed by atoms with Crippen LogP contribution in [0.15, 0.2) is 0 Å². The van der Waals surface area contributed by atoms with E-state index in [1.54, 1.807) is 0 Å². The van der Waals surface area contributed by atoms with Gasteiger partial charge in [-0.25, -0.2) is 8.42 Å². The average molecular weight is 335 g/mol. The molecule has 3 N–H and O–H groups in total. The third-order valence-corrected chi connectivity index (χ3v) is 6.26. The molecule has 5 nitrogen and oxygen atoms in total. The van der Waals surface area contributed by atoms with Crippen molar-refractivity contribution < 1.29 is 13.2 Å². The van der Waals surface area contributed by atoms with Gasteiger partial charge in [0.2, 0.25) is 5.91 Å². The minimum atomic E-state index is -2.93. The van der Waals surface area contributed by atoms with Crippen LogP contribution in [-0.4, -0.2) is 36.9 Å². The van der Waals surface area contributed by atoms with Gasteiger partial charge < -0.3 is 11.1 Å². The molecule has 1 fully saturated rings. The van der Waals surface area contributed by atoms with E-state index >= 15 is 0 Å². The zero-order valence-corrected chi connectivity index (χ0v) is 14.5. The third-order valence-electron chi connectivity index (χ3n) is 4.15. The van der Waals surface area contributed by atoms with E-state index in [-0.39, 0.29) is 28.4 Å². The van der Waals surface area contributed by atoms with Crippen LogP contribution < -0.4 is 11.1 Å². The van der Waals surface area contributed by atoms with E-state index in [0.717, 1.165) is 12.8 Å². The number of thiocarbonyl (C=S) groups is 1. The van der Waals surface area contributed by atoms with E-state index in [1.807, 2.05) is 13.8 Å². The Morgan fingerprint density at radius 3 is 2.10 bits per heavy atom. The summed E-state index contributed by atoms with van der Waals surface area (Å²) >= 11 is 5.16. The number of amides is 1. The quantitative estimate of drug-likeness (QED) is 0.690. The molecule has 1 amide bonds. The van der Waals surface area contributed by atoms with E-state index < -0.39 is 15.3 Å². The van der Waals surface area contributed by atoms with Crippen LogP contribution in [0.3, 0.4) is 0 Å². The second-order valence-corrected chi connectivity index (χ2v) is 8.59. The van der Waals surface area contributed by atoms with Gasteiger partial charge in [0, 0.05) is 6.04 Å². The molecule has 1 heterocycles. The summed E-state index contributed by atoms with van der Waals surface area (Å²) < 4.78 is 22.9. The monoisotopic (exact) mass is 334 g/mol. The van der Waals surface area contributed by atoms with Crippen molar-refractivity contribution >= 4 is 33.0 Å². The highest BCUT2D eigenvalue weighted by molar-refractivity contribution is 7.91. The van der Waals surface area contributed by atoms with Crippen LogP contribution in [0.5, 0.6) is 0 Å². The molecule has 0 spiro atoms. The topological polar surface area (TPSA) is 89.3 Å². The number of nitrogens with two attached hydrogens (primary N) is 1. The Kier molecular flexibility index (Phi) is 6.59.